The molecule has 2 atom stereocenters. The molecule has 0 radical (unpaired) electrons. The van der Waals surface area contributed by atoms with Gasteiger partial charge >= 0.3 is 12.1 Å². The average molecular weight is 559 g/mol. The van der Waals surface area contributed by atoms with Gasteiger partial charge in [0.2, 0.25) is 5.91 Å². The molecule has 2 amide bonds. The Morgan fingerprint density at radius 1 is 0.829 bits per heavy atom. The number of aliphatic carboxylic acids is 1. The highest BCUT2D eigenvalue weighted by Crippen LogP contribution is 2.44. The smallest absolute Gasteiger partial charge is 0.407 e. The van der Waals surface area contributed by atoms with E-state index in [0.29, 0.717) is 13.0 Å². The summed E-state index contributed by atoms with van der Waals surface area (Å²) in [7, 11) is 0. The third-order valence-corrected chi connectivity index (χ3v) is 7.35. The lowest BCUT2D eigenvalue weighted by atomic mass is 9.98. The highest BCUT2D eigenvalue weighted by atomic mass is 16.5. The van der Waals surface area contributed by atoms with Crippen LogP contribution in [0.2, 0.25) is 0 Å². The first-order chi connectivity index (χ1) is 19.9. The van der Waals surface area contributed by atoms with Gasteiger partial charge in [0.1, 0.15) is 6.61 Å². The number of carbonyl (C=O) groups is 3. The van der Waals surface area contributed by atoms with Gasteiger partial charge in [-0.1, -0.05) is 91.7 Å². The summed E-state index contributed by atoms with van der Waals surface area (Å²) in [6, 6.07) is 24.8. The van der Waals surface area contributed by atoms with Gasteiger partial charge in [0, 0.05) is 18.9 Å². The molecule has 4 rings (SSSR count). The quantitative estimate of drug-likeness (QED) is 0.208. The summed E-state index contributed by atoms with van der Waals surface area (Å²) in [6.45, 7) is 2.68. The van der Waals surface area contributed by atoms with Crippen LogP contribution in [0.15, 0.2) is 78.9 Å². The van der Waals surface area contributed by atoms with E-state index in [4.69, 9.17) is 9.47 Å². The average Bonchev–Trinajstić information content (AvgIpc) is 3.31. The van der Waals surface area contributed by atoms with E-state index >= 15 is 0 Å². The van der Waals surface area contributed by atoms with Gasteiger partial charge in [0.05, 0.1) is 12.7 Å². The van der Waals surface area contributed by atoms with Crippen molar-refractivity contribution in [3.8, 4) is 11.1 Å². The second-order valence-corrected chi connectivity index (χ2v) is 10.3. The zero-order valence-corrected chi connectivity index (χ0v) is 23.4. The van der Waals surface area contributed by atoms with Gasteiger partial charge < -0.3 is 25.2 Å². The maximum atomic E-state index is 12.3. The fourth-order valence-electron chi connectivity index (χ4n) is 5.13. The lowest BCUT2D eigenvalue weighted by molar-refractivity contribution is -0.146. The Kier molecular flexibility index (Phi) is 10.9. The van der Waals surface area contributed by atoms with Crippen LogP contribution in [-0.2, 0) is 25.7 Å². The van der Waals surface area contributed by atoms with Crippen molar-refractivity contribution in [2.24, 2.45) is 0 Å². The summed E-state index contributed by atoms with van der Waals surface area (Å²) in [5.41, 5.74) is 5.66. The molecular weight excluding hydrogens is 520 g/mol. The monoisotopic (exact) mass is 558 g/mol. The van der Waals surface area contributed by atoms with Crippen molar-refractivity contribution in [1.82, 2.24) is 10.6 Å². The zero-order valence-electron chi connectivity index (χ0n) is 23.4. The van der Waals surface area contributed by atoms with Crippen LogP contribution in [0.1, 0.15) is 61.6 Å². The number of alkyl carbamates (subject to hydrolysis) is 1. The third-order valence-electron chi connectivity index (χ3n) is 7.35. The van der Waals surface area contributed by atoms with Crippen molar-refractivity contribution in [3.05, 3.63) is 95.6 Å². The standard InChI is InChI=1S/C33H38N2O6/c1-23(40-21-24-13-5-4-6-14-24)31(32(37)38)35-30(36)19-7-2-3-12-20-34-33(39)41-22-29-27-17-10-8-15-25(27)26-16-9-11-18-28(26)29/h4-6,8-11,13-18,23,29,31H,2-3,7,12,19-22H2,1H3,(H,34,39)(H,35,36)(H,37,38)/t23-,31+/m1/s1. The molecule has 0 unspecified atom stereocenters. The second-order valence-electron chi connectivity index (χ2n) is 10.3. The van der Waals surface area contributed by atoms with Gasteiger partial charge in [-0.05, 0) is 47.6 Å². The van der Waals surface area contributed by atoms with Crippen molar-refractivity contribution in [2.45, 2.75) is 63.7 Å². The predicted octanol–water partition coefficient (Wildman–Crippen LogP) is 5.65. The Morgan fingerprint density at radius 3 is 2.10 bits per heavy atom. The van der Waals surface area contributed by atoms with E-state index in [9.17, 15) is 19.5 Å². The van der Waals surface area contributed by atoms with E-state index < -0.39 is 24.2 Å². The maximum absolute atomic E-state index is 12.3. The second kappa shape index (κ2) is 15.0. The van der Waals surface area contributed by atoms with Crippen molar-refractivity contribution in [1.29, 1.82) is 0 Å². The molecular formula is C33H38N2O6. The fraction of sp³-hybridized carbons (Fsp3) is 0.364. The number of carboxylic acids is 1. The Labute approximate surface area is 241 Å². The molecule has 0 spiro atoms. The highest BCUT2D eigenvalue weighted by molar-refractivity contribution is 5.84. The minimum Gasteiger partial charge on any atom is -0.480 e. The van der Waals surface area contributed by atoms with Crippen LogP contribution in [0.4, 0.5) is 4.79 Å². The molecule has 3 aromatic rings. The minimum absolute atomic E-state index is 0.0263. The van der Waals surface area contributed by atoms with E-state index in [1.807, 2.05) is 54.6 Å². The minimum atomic E-state index is -1.13. The van der Waals surface area contributed by atoms with Gasteiger partial charge in [-0.25, -0.2) is 9.59 Å². The van der Waals surface area contributed by atoms with Gasteiger partial charge in [-0.3, -0.25) is 4.79 Å². The van der Waals surface area contributed by atoms with E-state index in [0.717, 1.165) is 24.8 Å². The van der Waals surface area contributed by atoms with Crippen molar-refractivity contribution in [2.75, 3.05) is 13.2 Å². The number of nitrogens with one attached hydrogen (secondary N) is 2. The number of amides is 2. The van der Waals surface area contributed by atoms with Crippen LogP contribution in [0, 0.1) is 0 Å². The molecule has 8 heteroatoms. The topological polar surface area (TPSA) is 114 Å². The number of carboxylic acid groups (broad SMARTS) is 1. The molecule has 0 heterocycles. The molecule has 1 aliphatic rings. The molecule has 3 aromatic carbocycles. The zero-order chi connectivity index (χ0) is 29.0. The maximum Gasteiger partial charge on any atom is 0.407 e. The fourth-order valence-corrected chi connectivity index (χ4v) is 5.13. The number of benzene rings is 3. The van der Waals surface area contributed by atoms with E-state index in [1.165, 1.54) is 22.3 Å². The lowest BCUT2D eigenvalue weighted by Gasteiger charge is -2.22. The van der Waals surface area contributed by atoms with Gasteiger partial charge in [0.15, 0.2) is 6.04 Å². The molecule has 3 N–H and O–H groups in total. The Morgan fingerprint density at radius 2 is 1.44 bits per heavy atom. The summed E-state index contributed by atoms with van der Waals surface area (Å²) in [6.07, 6.45) is 2.12. The molecule has 0 aliphatic heterocycles. The van der Waals surface area contributed by atoms with Crippen molar-refractivity contribution < 1.29 is 29.0 Å². The first kappa shape index (κ1) is 29.8. The number of hydrogen-bond acceptors (Lipinski definition) is 5. The van der Waals surface area contributed by atoms with Crippen molar-refractivity contribution in [3.63, 3.8) is 0 Å². The molecule has 41 heavy (non-hydrogen) atoms. The SMILES string of the molecule is C[C@@H](OCc1ccccc1)[C@H](NC(=O)CCCCCCNC(=O)OCC1c2ccccc2-c2ccccc21)C(=O)O. The summed E-state index contributed by atoms with van der Waals surface area (Å²) >= 11 is 0. The van der Waals surface area contributed by atoms with E-state index in [2.05, 4.69) is 34.9 Å². The third kappa shape index (κ3) is 8.41. The van der Waals surface area contributed by atoms with Gasteiger partial charge in [0.25, 0.3) is 0 Å². The Hall–Kier alpha value is -4.17. The van der Waals surface area contributed by atoms with Crippen LogP contribution < -0.4 is 10.6 Å². The lowest BCUT2D eigenvalue weighted by Crippen LogP contribution is -2.48. The first-order valence-corrected chi connectivity index (χ1v) is 14.2. The van der Waals surface area contributed by atoms with Crippen LogP contribution in [0.3, 0.4) is 0 Å². The molecule has 0 aromatic heterocycles. The number of carbonyl (C=O) groups excluding carboxylic acids is 2. The molecule has 8 nitrogen and oxygen atoms in total. The van der Waals surface area contributed by atoms with Crippen LogP contribution in [0.25, 0.3) is 11.1 Å². The van der Waals surface area contributed by atoms with Gasteiger partial charge in [-0.15, -0.1) is 0 Å². The molecule has 0 bridgehead atoms. The predicted molar refractivity (Wildman–Crippen MR) is 156 cm³/mol. The van der Waals surface area contributed by atoms with Crippen LogP contribution in [-0.4, -0.2) is 48.4 Å². The number of ether oxygens (including phenoxy) is 2. The highest BCUT2D eigenvalue weighted by Gasteiger charge is 2.29. The van der Waals surface area contributed by atoms with E-state index in [1.54, 1.807) is 6.92 Å². The molecule has 216 valence electrons. The van der Waals surface area contributed by atoms with Crippen LogP contribution in [0.5, 0.6) is 0 Å². The number of rotatable bonds is 15. The first-order valence-electron chi connectivity index (χ1n) is 14.2. The number of hydrogen-bond donors (Lipinski definition) is 3. The summed E-state index contributed by atoms with van der Waals surface area (Å²) in [5.74, 6) is -1.42. The largest absolute Gasteiger partial charge is 0.480 e. The molecule has 0 saturated heterocycles. The Bertz CT molecular complexity index is 1270. The number of fused-ring (bicyclic) bond motifs is 3. The van der Waals surface area contributed by atoms with Crippen molar-refractivity contribution >= 4 is 18.0 Å². The normalized spacial score (nSPS) is 13.5. The Balaban J connectivity index is 1.08. The van der Waals surface area contributed by atoms with Gasteiger partial charge in [-0.2, -0.15) is 0 Å². The molecule has 0 saturated carbocycles. The van der Waals surface area contributed by atoms with Crippen LogP contribution >= 0.6 is 0 Å². The van der Waals surface area contributed by atoms with E-state index in [-0.39, 0.29) is 31.5 Å². The summed E-state index contributed by atoms with van der Waals surface area (Å²) in [5, 5.41) is 14.9. The summed E-state index contributed by atoms with van der Waals surface area (Å²) in [4.78, 5) is 36.3. The summed E-state index contributed by atoms with van der Waals surface area (Å²) < 4.78 is 11.2. The molecule has 0 fully saturated rings. The number of unbranched alkanes of at least 4 members (excludes halogenated alkanes) is 3. The molecule has 1 aliphatic carbocycles.